The molecule has 1 unspecified atom stereocenters. The quantitative estimate of drug-likeness (QED) is 0.642. The summed E-state index contributed by atoms with van der Waals surface area (Å²) in [7, 11) is 0. The maximum atomic E-state index is 11.7. The van der Waals surface area contributed by atoms with Gasteiger partial charge in [-0.25, -0.2) is 4.79 Å². The summed E-state index contributed by atoms with van der Waals surface area (Å²) in [5.41, 5.74) is -1.43. The van der Waals surface area contributed by atoms with Crippen molar-refractivity contribution in [1.29, 1.82) is 0 Å². The minimum atomic E-state index is -1.43. The Morgan fingerprint density at radius 1 is 1.41 bits per heavy atom. The number of carboxylic acids is 1. The van der Waals surface area contributed by atoms with Crippen molar-refractivity contribution in [3.05, 3.63) is 0 Å². The van der Waals surface area contributed by atoms with Crippen LogP contribution in [0.15, 0.2) is 0 Å². The zero-order valence-corrected chi connectivity index (χ0v) is 10.9. The van der Waals surface area contributed by atoms with Crippen molar-refractivity contribution in [2.75, 3.05) is 13.1 Å². The summed E-state index contributed by atoms with van der Waals surface area (Å²) < 4.78 is 0. The Bertz CT molecular complexity index is 277. The number of carbonyl (C=O) groups is 2. The molecule has 0 aliphatic rings. The highest BCUT2D eigenvalue weighted by Crippen LogP contribution is 2.08. The van der Waals surface area contributed by atoms with Crippen molar-refractivity contribution in [2.24, 2.45) is 0 Å². The second-order valence-electron chi connectivity index (χ2n) is 4.61. The largest absolute Gasteiger partial charge is 0.481 e. The smallest absolute Gasteiger partial charge is 0.317 e. The molecule has 0 spiro atoms. The van der Waals surface area contributed by atoms with E-state index in [-0.39, 0.29) is 18.6 Å². The number of urea groups is 1. The van der Waals surface area contributed by atoms with Crippen LogP contribution in [0, 0.1) is 0 Å². The molecule has 0 aliphatic carbocycles. The number of nitrogens with zero attached hydrogens (tertiary/aromatic N) is 1. The molecule has 100 valence electrons. The number of aliphatic hydroxyl groups is 1. The molecule has 1 atom stereocenters. The van der Waals surface area contributed by atoms with Crippen LogP contribution in [0.25, 0.3) is 0 Å². The van der Waals surface area contributed by atoms with Gasteiger partial charge >= 0.3 is 12.0 Å². The number of nitrogens with one attached hydrogen (secondary N) is 1. The van der Waals surface area contributed by atoms with Gasteiger partial charge < -0.3 is 20.4 Å². The highest BCUT2D eigenvalue weighted by molar-refractivity contribution is 5.74. The molecule has 17 heavy (non-hydrogen) atoms. The zero-order valence-electron chi connectivity index (χ0n) is 10.9. The van der Waals surface area contributed by atoms with Crippen LogP contribution in [0.5, 0.6) is 0 Å². The van der Waals surface area contributed by atoms with Crippen molar-refractivity contribution in [2.45, 2.75) is 45.8 Å². The highest BCUT2D eigenvalue weighted by atomic mass is 16.4. The molecule has 0 heterocycles. The Kier molecular flexibility index (Phi) is 5.95. The van der Waals surface area contributed by atoms with E-state index < -0.39 is 18.0 Å². The first kappa shape index (κ1) is 15.7. The Labute approximate surface area is 102 Å². The van der Waals surface area contributed by atoms with Crippen molar-refractivity contribution in [3.63, 3.8) is 0 Å². The topological polar surface area (TPSA) is 89.9 Å². The van der Waals surface area contributed by atoms with Crippen LogP contribution >= 0.6 is 0 Å². The molecule has 0 saturated heterocycles. The Hall–Kier alpha value is -1.30. The molecule has 0 aromatic rings. The van der Waals surface area contributed by atoms with E-state index in [2.05, 4.69) is 5.32 Å². The van der Waals surface area contributed by atoms with E-state index in [1.54, 1.807) is 4.90 Å². The van der Waals surface area contributed by atoms with Crippen LogP contribution in [0.3, 0.4) is 0 Å². The fourth-order valence-electron chi connectivity index (χ4n) is 1.50. The summed E-state index contributed by atoms with van der Waals surface area (Å²) in [5, 5.41) is 20.8. The minimum absolute atomic E-state index is 0.0597. The van der Waals surface area contributed by atoms with E-state index in [4.69, 9.17) is 5.11 Å². The van der Waals surface area contributed by atoms with Crippen LogP contribution in [0.1, 0.15) is 34.1 Å². The van der Waals surface area contributed by atoms with Gasteiger partial charge in [-0.2, -0.15) is 0 Å². The molecule has 0 aromatic heterocycles. The van der Waals surface area contributed by atoms with Gasteiger partial charge in [-0.1, -0.05) is 0 Å². The van der Waals surface area contributed by atoms with E-state index in [1.165, 1.54) is 6.92 Å². The Balaban J connectivity index is 4.27. The summed E-state index contributed by atoms with van der Waals surface area (Å²) in [6.45, 7) is 7.49. The van der Waals surface area contributed by atoms with Crippen LogP contribution < -0.4 is 5.32 Å². The number of hydrogen-bond donors (Lipinski definition) is 3. The lowest BCUT2D eigenvalue weighted by molar-refractivity contribution is -0.141. The lowest BCUT2D eigenvalue weighted by Crippen LogP contribution is -2.49. The van der Waals surface area contributed by atoms with Gasteiger partial charge in [0.1, 0.15) is 0 Å². The first-order valence-electron chi connectivity index (χ1n) is 5.68. The SMILES string of the molecule is CCN(C(=O)NCC(C)(O)CC(=O)O)C(C)C. The summed E-state index contributed by atoms with van der Waals surface area (Å²) >= 11 is 0. The molecule has 0 aromatic carbocycles. The lowest BCUT2D eigenvalue weighted by atomic mass is 10.0. The van der Waals surface area contributed by atoms with Crippen molar-refractivity contribution < 1.29 is 19.8 Å². The second-order valence-corrected chi connectivity index (χ2v) is 4.61. The van der Waals surface area contributed by atoms with Crippen molar-refractivity contribution in [3.8, 4) is 0 Å². The van der Waals surface area contributed by atoms with Crippen LogP contribution in [0.2, 0.25) is 0 Å². The maximum Gasteiger partial charge on any atom is 0.317 e. The molecular weight excluding hydrogens is 224 g/mol. The fourth-order valence-corrected chi connectivity index (χ4v) is 1.50. The molecule has 0 aliphatic heterocycles. The molecule has 6 nitrogen and oxygen atoms in total. The molecular formula is C11H22N2O4. The third kappa shape index (κ3) is 6.11. The molecule has 6 heteroatoms. The number of carbonyl (C=O) groups excluding carboxylic acids is 1. The summed E-state index contributed by atoms with van der Waals surface area (Å²) in [5.74, 6) is -1.10. The maximum absolute atomic E-state index is 11.7. The van der Waals surface area contributed by atoms with Crippen LogP contribution in [-0.2, 0) is 4.79 Å². The molecule has 0 rings (SSSR count). The van der Waals surface area contributed by atoms with Gasteiger partial charge in [0.05, 0.1) is 12.0 Å². The zero-order chi connectivity index (χ0) is 13.6. The lowest BCUT2D eigenvalue weighted by Gasteiger charge is -2.28. The molecule has 0 bridgehead atoms. The Morgan fingerprint density at radius 3 is 2.29 bits per heavy atom. The van der Waals surface area contributed by atoms with Crippen LogP contribution in [-0.4, -0.2) is 51.8 Å². The van der Waals surface area contributed by atoms with Gasteiger partial charge in [-0.15, -0.1) is 0 Å². The highest BCUT2D eigenvalue weighted by Gasteiger charge is 2.26. The predicted octanol–water partition coefficient (Wildman–Crippen LogP) is 0.652. The van der Waals surface area contributed by atoms with E-state index in [9.17, 15) is 14.7 Å². The van der Waals surface area contributed by atoms with Crippen LogP contribution in [0.4, 0.5) is 4.79 Å². The number of aliphatic carboxylic acids is 1. The van der Waals surface area contributed by atoms with Crippen molar-refractivity contribution in [1.82, 2.24) is 10.2 Å². The summed E-state index contributed by atoms with van der Waals surface area (Å²) in [6, 6.07) is -0.238. The van der Waals surface area contributed by atoms with Gasteiger partial charge in [-0.3, -0.25) is 4.79 Å². The fraction of sp³-hybridized carbons (Fsp3) is 0.818. The van der Waals surface area contributed by atoms with E-state index in [0.29, 0.717) is 6.54 Å². The number of amides is 2. The summed E-state index contributed by atoms with van der Waals surface area (Å²) in [4.78, 5) is 23.8. The molecule has 2 amide bonds. The van der Waals surface area contributed by atoms with E-state index in [1.807, 2.05) is 20.8 Å². The number of rotatable bonds is 6. The van der Waals surface area contributed by atoms with Gasteiger partial charge in [0.2, 0.25) is 0 Å². The molecule has 0 saturated carbocycles. The summed E-state index contributed by atoms with van der Waals surface area (Å²) in [6.07, 6.45) is -0.402. The van der Waals surface area contributed by atoms with Gasteiger partial charge in [-0.05, 0) is 27.7 Å². The van der Waals surface area contributed by atoms with Crippen molar-refractivity contribution >= 4 is 12.0 Å². The first-order valence-corrected chi connectivity index (χ1v) is 5.68. The molecule has 3 N–H and O–H groups in total. The van der Waals surface area contributed by atoms with Gasteiger partial charge in [0.25, 0.3) is 0 Å². The predicted molar refractivity (Wildman–Crippen MR) is 63.8 cm³/mol. The third-order valence-electron chi connectivity index (χ3n) is 2.38. The van der Waals surface area contributed by atoms with E-state index in [0.717, 1.165) is 0 Å². The molecule has 0 radical (unpaired) electrons. The Morgan fingerprint density at radius 2 is 1.94 bits per heavy atom. The normalized spacial score (nSPS) is 14.2. The monoisotopic (exact) mass is 246 g/mol. The number of carboxylic acid groups (broad SMARTS) is 1. The minimum Gasteiger partial charge on any atom is -0.481 e. The third-order valence-corrected chi connectivity index (χ3v) is 2.38. The first-order chi connectivity index (χ1) is 7.69. The molecule has 0 fully saturated rings. The second kappa shape index (κ2) is 6.44. The van der Waals surface area contributed by atoms with Gasteiger partial charge in [0, 0.05) is 19.1 Å². The number of hydrogen-bond acceptors (Lipinski definition) is 3. The standard InChI is InChI=1S/C11H22N2O4/c1-5-13(8(2)3)10(16)12-7-11(4,17)6-9(14)15/h8,17H,5-7H2,1-4H3,(H,12,16)(H,14,15). The van der Waals surface area contributed by atoms with Gasteiger partial charge in [0.15, 0.2) is 0 Å². The average Bonchev–Trinajstić information content (AvgIpc) is 2.13. The van der Waals surface area contributed by atoms with E-state index >= 15 is 0 Å². The average molecular weight is 246 g/mol.